The summed E-state index contributed by atoms with van der Waals surface area (Å²) < 4.78 is 0. The molecule has 0 aliphatic heterocycles. The minimum absolute atomic E-state index is 0. The molecule has 198 valence electrons. The molecule has 1 rings (SSSR count). The summed E-state index contributed by atoms with van der Waals surface area (Å²) in [6.07, 6.45) is 7.43. The molecule has 0 aliphatic rings. The Bertz CT molecular complexity index is 833. The van der Waals surface area contributed by atoms with Crippen LogP contribution in [0, 0.1) is 18.8 Å². The predicted octanol–water partition coefficient (Wildman–Crippen LogP) is 3.53. The molecule has 8 nitrogen and oxygen atoms in total. The van der Waals surface area contributed by atoms with Crippen LogP contribution < -0.4 is 10.2 Å². The second-order valence-corrected chi connectivity index (χ2v) is 7.69. The molecule has 0 saturated carbocycles. The van der Waals surface area contributed by atoms with Crippen LogP contribution in [0.15, 0.2) is 31.5 Å². The van der Waals surface area contributed by atoms with Gasteiger partial charge in [0.15, 0.2) is 0 Å². The van der Waals surface area contributed by atoms with Gasteiger partial charge in [0.25, 0.3) is 0 Å². The van der Waals surface area contributed by atoms with Crippen molar-refractivity contribution in [2.24, 2.45) is 0 Å². The molecule has 0 saturated heterocycles. The molecule has 2 amide bonds. The number of likely N-dealkylation sites (N-methyl/N-ethyl adjacent to an activating group) is 2. The molecule has 1 aromatic rings. The average Bonchev–Trinajstić information content (AvgIpc) is 2.84. The van der Waals surface area contributed by atoms with Crippen LogP contribution >= 0.6 is 0 Å². The third-order valence-electron chi connectivity index (χ3n) is 4.32. The molecule has 0 unspecified atom stereocenters. The van der Waals surface area contributed by atoms with Crippen molar-refractivity contribution in [1.82, 2.24) is 25.1 Å². The lowest BCUT2D eigenvalue weighted by Crippen LogP contribution is -2.38. The molecule has 0 atom stereocenters. The minimum Gasteiger partial charge on any atom is -0.359 e. The Labute approximate surface area is 215 Å². The average molecular weight is 489 g/mol. The standard InChI is InChI=1S/C23H36N6O2.C2H6.C2H4.H2/c1-7-15-28(5)23-20(17-25-19(2)26-23)12-9-8-10-14-24-21(30)18-29(6)22(31)13-11-16-27(3)4;2*1-2;/h11,13,17H,7-8,10,14-16,18H2,1-6H3,(H,24,30);1-2H3;1-2H2;1H/b13-11+;;;. The van der Waals surface area contributed by atoms with Crippen molar-refractivity contribution in [1.29, 1.82) is 0 Å². The second-order valence-electron chi connectivity index (χ2n) is 7.69. The van der Waals surface area contributed by atoms with Crippen LogP contribution in [0.4, 0.5) is 5.82 Å². The minimum atomic E-state index is -0.188. The number of anilines is 1. The normalized spacial score (nSPS) is 9.74. The van der Waals surface area contributed by atoms with Gasteiger partial charge in [-0.1, -0.05) is 38.7 Å². The van der Waals surface area contributed by atoms with Gasteiger partial charge in [-0.15, -0.1) is 13.2 Å². The first-order valence-corrected chi connectivity index (χ1v) is 12.1. The molecular formula is C27H48N6O2. The van der Waals surface area contributed by atoms with E-state index in [0.717, 1.165) is 36.6 Å². The molecule has 35 heavy (non-hydrogen) atoms. The molecule has 1 heterocycles. The van der Waals surface area contributed by atoms with Crippen molar-refractivity contribution in [2.75, 3.05) is 59.3 Å². The lowest BCUT2D eigenvalue weighted by atomic mass is 10.2. The van der Waals surface area contributed by atoms with Gasteiger partial charge < -0.3 is 20.0 Å². The highest BCUT2D eigenvalue weighted by molar-refractivity contribution is 5.91. The van der Waals surface area contributed by atoms with Gasteiger partial charge in [-0.2, -0.15) is 0 Å². The number of carbonyl (C=O) groups excluding carboxylic acids is 2. The summed E-state index contributed by atoms with van der Waals surface area (Å²) in [7, 11) is 7.47. The Kier molecular flexibility index (Phi) is 20.7. The summed E-state index contributed by atoms with van der Waals surface area (Å²) in [6.45, 7) is 16.1. The second kappa shape index (κ2) is 21.4. The van der Waals surface area contributed by atoms with Crippen molar-refractivity contribution < 1.29 is 11.0 Å². The van der Waals surface area contributed by atoms with E-state index < -0.39 is 0 Å². The van der Waals surface area contributed by atoms with E-state index in [-0.39, 0.29) is 19.8 Å². The first kappa shape index (κ1) is 34.0. The Morgan fingerprint density at radius 1 is 1.20 bits per heavy atom. The Balaban J connectivity index is -0.00000207. The predicted molar refractivity (Wildman–Crippen MR) is 149 cm³/mol. The van der Waals surface area contributed by atoms with E-state index in [4.69, 9.17) is 0 Å². The number of nitrogens with one attached hydrogen (secondary N) is 1. The highest BCUT2D eigenvalue weighted by Gasteiger charge is 2.10. The molecule has 0 radical (unpaired) electrons. The fraction of sp³-hybridized carbons (Fsp3) is 0.556. The van der Waals surface area contributed by atoms with Gasteiger partial charge in [0.1, 0.15) is 11.6 Å². The van der Waals surface area contributed by atoms with Crippen LogP contribution in [0.1, 0.15) is 52.8 Å². The molecule has 0 fully saturated rings. The van der Waals surface area contributed by atoms with Crippen molar-refractivity contribution in [3.05, 3.63) is 42.9 Å². The fourth-order valence-electron chi connectivity index (χ4n) is 2.68. The first-order valence-electron chi connectivity index (χ1n) is 12.1. The Morgan fingerprint density at radius 3 is 2.46 bits per heavy atom. The van der Waals surface area contributed by atoms with Crippen LogP contribution in [-0.2, 0) is 9.59 Å². The number of unbranched alkanes of at least 4 members (excludes halogenated alkanes) is 1. The maximum atomic E-state index is 12.0. The zero-order chi connectivity index (χ0) is 27.2. The van der Waals surface area contributed by atoms with E-state index in [1.165, 1.54) is 11.0 Å². The van der Waals surface area contributed by atoms with Gasteiger partial charge in [-0.05, 0) is 33.9 Å². The molecule has 8 heteroatoms. The number of aryl methyl sites for hydroxylation is 1. The fourth-order valence-corrected chi connectivity index (χ4v) is 2.68. The van der Waals surface area contributed by atoms with Crippen molar-refractivity contribution >= 4 is 17.6 Å². The first-order chi connectivity index (χ1) is 16.7. The number of hydrogen-bond donors (Lipinski definition) is 1. The molecular weight excluding hydrogens is 440 g/mol. The lowest BCUT2D eigenvalue weighted by Gasteiger charge is -2.18. The SMILES string of the molecule is C=C.CC.CCCN(C)c1nc(C)ncc1C#CCCCNC(=O)CN(C)C(=O)/C=C/CN(C)C.[HH]. The molecule has 0 aromatic carbocycles. The van der Waals surface area contributed by atoms with Crippen LogP contribution in [0.3, 0.4) is 0 Å². The number of nitrogens with zero attached hydrogens (tertiary/aromatic N) is 5. The Morgan fingerprint density at radius 2 is 1.86 bits per heavy atom. The van der Waals surface area contributed by atoms with Crippen LogP contribution in [0.2, 0.25) is 0 Å². The smallest absolute Gasteiger partial charge is 0.246 e. The maximum absolute atomic E-state index is 12.0. The summed E-state index contributed by atoms with van der Waals surface area (Å²) >= 11 is 0. The van der Waals surface area contributed by atoms with Crippen LogP contribution in [0.25, 0.3) is 0 Å². The topological polar surface area (TPSA) is 81.7 Å². The van der Waals surface area contributed by atoms with Crippen LogP contribution in [-0.4, -0.2) is 86.0 Å². The lowest BCUT2D eigenvalue weighted by molar-refractivity contribution is -0.131. The molecule has 0 spiro atoms. The van der Waals surface area contributed by atoms with E-state index in [9.17, 15) is 9.59 Å². The number of carbonyl (C=O) groups is 2. The van der Waals surface area contributed by atoms with E-state index in [1.54, 1.807) is 19.3 Å². The zero-order valence-corrected chi connectivity index (χ0v) is 23.1. The van der Waals surface area contributed by atoms with Crippen molar-refractivity contribution in [3.8, 4) is 11.8 Å². The van der Waals surface area contributed by atoms with Gasteiger partial charge in [0.05, 0.1) is 12.1 Å². The maximum Gasteiger partial charge on any atom is 0.246 e. The van der Waals surface area contributed by atoms with Crippen LogP contribution in [0.5, 0.6) is 0 Å². The summed E-state index contributed by atoms with van der Waals surface area (Å²) in [5.41, 5.74) is 0.813. The quantitative estimate of drug-likeness (QED) is 0.222. The summed E-state index contributed by atoms with van der Waals surface area (Å²) in [4.78, 5) is 38.2. The molecule has 1 aromatic heterocycles. The highest BCUT2D eigenvalue weighted by atomic mass is 16.2. The third-order valence-corrected chi connectivity index (χ3v) is 4.32. The van der Waals surface area contributed by atoms with Gasteiger partial charge >= 0.3 is 0 Å². The molecule has 1 N–H and O–H groups in total. The number of amides is 2. The summed E-state index contributed by atoms with van der Waals surface area (Å²) in [5.74, 6) is 7.49. The third kappa shape index (κ3) is 16.1. The van der Waals surface area contributed by atoms with E-state index in [0.29, 0.717) is 19.5 Å². The largest absolute Gasteiger partial charge is 0.359 e. The Hall–Kier alpha value is -3.18. The number of aromatic nitrogens is 2. The van der Waals surface area contributed by atoms with E-state index >= 15 is 0 Å². The molecule has 0 aliphatic carbocycles. The van der Waals surface area contributed by atoms with E-state index in [1.807, 2.05) is 46.8 Å². The number of rotatable bonds is 11. The van der Waals surface area contributed by atoms with Gasteiger partial charge in [0.2, 0.25) is 11.8 Å². The van der Waals surface area contributed by atoms with Crippen molar-refractivity contribution in [2.45, 2.75) is 47.0 Å². The summed E-state index contributed by atoms with van der Waals surface area (Å²) in [6, 6.07) is 0. The van der Waals surface area contributed by atoms with Crippen molar-refractivity contribution in [3.63, 3.8) is 0 Å². The summed E-state index contributed by atoms with van der Waals surface area (Å²) in [5, 5.41) is 2.83. The van der Waals surface area contributed by atoms with Gasteiger partial charge in [-0.25, -0.2) is 9.97 Å². The van der Waals surface area contributed by atoms with E-state index in [2.05, 4.69) is 52.1 Å². The molecule has 0 bridgehead atoms. The highest BCUT2D eigenvalue weighted by Crippen LogP contribution is 2.15. The monoisotopic (exact) mass is 488 g/mol. The zero-order valence-electron chi connectivity index (χ0n) is 23.1. The van der Waals surface area contributed by atoms with Gasteiger partial charge in [0, 0.05) is 53.8 Å². The van der Waals surface area contributed by atoms with Gasteiger partial charge in [-0.3, -0.25) is 9.59 Å². The number of hydrogen-bond acceptors (Lipinski definition) is 6.